The highest BCUT2D eigenvalue weighted by Crippen LogP contribution is 2.25. The minimum absolute atomic E-state index is 0.150. The third-order valence-corrected chi connectivity index (χ3v) is 4.02. The van der Waals surface area contributed by atoms with Crippen LogP contribution in [-0.2, 0) is 0 Å². The van der Waals surface area contributed by atoms with Gasteiger partial charge in [0, 0.05) is 11.6 Å². The summed E-state index contributed by atoms with van der Waals surface area (Å²) >= 11 is 0. The van der Waals surface area contributed by atoms with E-state index in [4.69, 9.17) is 4.74 Å². The van der Waals surface area contributed by atoms with Crippen LogP contribution in [0.5, 0.6) is 5.75 Å². The third-order valence-electron chi connectivity index (χ3n) is 4.02. The van der Waals surface area contributed by atoms with Crippen molar-refractivity contribution >= 4 is 0 Å². The molecule has 1 atom stereocenters. The van der Waals surface area contributed by atoms with Crippen LogP contribution in [0.4, 0.5) is 4.39 Å². The van der Waals surface area contributed by atoms with E-state index in [1.54, 1.807) is 25.1 Å². The summed E-state index contributed by atoms with van der Waals surface area (Å²) in [6.45, 7) is 4.45. The van der Waals surface area contributed by atoms with Crippen LogP contribution in [0, 0.1) is 12.7 Å². The summed E-state index contributed by atoms with van der Waals surface area (Å²) in [7, 11) is 0. The molecule has 0 amide bonds. The molecule has 0 heterocycles. The molecule has 0 spiro atoms. The molecule has 118 valence electrons. The Balaban J connectivity index is 1.68. The van der Waals surface area contributed by atoms with Crippen molar-refractivity contribution < 1.29 is 14.2 Å². The van der Waals surface area contributed by atoms with Crippen LogP contribution in [0.3, 0.4) is 0 Å². The molecule has 0 aromatic heterocycles. The van der Waals surface area contributed by atoms with E-state index >= 15 is 0 Å². The van der Waals surface area contributed by atoms with Crippen LogP contribution in [0.1, 0.15) is 44.6 Å². The normalized spacial score (nSPS) is 17.5. The van der Waals surface area contributed by atoms with Gasteiger partial charge in [-0.2, -0.15) is 0 Å². The lowest BCUT2D eigenvalue weighted by Gasteiger charge is -2.29. The summed E-state index contributed by atoms with van der Waals surface area (Å²) in [6, 6.07) is 5.78. The van der Waals surface area contributed by atoms with Crippen LogP contribution in [0.25, 0.3) is 0 Å². The van der Waals surface area contributed by atoms with Gasteiger partial charge in [0.15, 0.2) is 11.6 Å². The lowest BCUT2D eigenvalue weighted by Crippen LogP contribution is -2.46. The number of aryl methyl sites for hydroxylation is 1. The molecule has 0 radical (unpaired) electrons. The molecular formula is C17H26FNO2. The lowest BCUT2D eigenvalue weighted by atomic mass is 9.95. The van der Waals surface area contributed by atoms with Crippen molar-refractivity contribution in [2.24, 2.45) is 0 Å². The van der Waals surface area contributed by atoms with E-state index in [-0.39, 0.29) is 18.0 Å². The first-order chi connectivity index (χ1) is 10.0. The van der Waals surface area contributed by atoms with E-state index in [0.29, 0.717) is 24.0 Å². The van der Waals surface area contributed by atoms with Crippen LogP contribution in [0.2, 0.25) is 0 Å². The summed E-state index contributed by atoms with van der Waals surface area (Å²) in [6.07, 6.45) is 5.13. The van der Waals surface area contributed by atoms with Gasteiger partial charge in [-0.3, -0.25) is 0 Å². The molecule has 1 aromatic carbocycles. The Kier molecular flexibility index (Phi) is 5.59. The molecule has 0 saturated heterocycles. The zero-order chi connectivity index (χ0) is 15.3. The number of benzene rings is 1. The van der Waals surface area contributed by atoms with E-state index in [2.05, 4.69) is 12.2 Å². The smallest absolute Gasteiger partial charge is 0.167 e. The zero-order valence-electron chi connectivity index (χ0n) is 13.0. The fraction of sp³-hybridized carbons (Fsp3) is 0.647. The van der Waals surface area contributed by atoms with Gasteiger partial charge in [0.2, 0.25) is 0 Å². The molecule has 1 aliphatic carbocycles. The van der Waals surface area contributed by atoms with Crippen LogP contribution in [0.15, 0.2) is 18.2 Å². The molecule has 3 nitrogen and oxygen atoms in total. The van der Waals surface area contributed by atoms with E-state index in [0.717, 1.165) is 19.3 Å². The van der Waals surface area contributed by atoms with Crippen molar-refractivity contribution in [2.75, 3.05) is 13.2 Å². The Morgan fingerprint density at radius 2 is 2.14 bits per heavy atom. The fourth-order valence-electron chi connectivity index (χ4n) is 2.45. The van der Waals surface area contributed by atoms with Gasteiger partial charge in [-0.1, -0.05) is 12.1 Å². The molecule has 0 aliphatic heterocycles. The molecule has 2 N–H and O–H groups in total. The average Bonchev–Trinajstić information content (AvgIpc) is 3.27. The number of ether oxygens (including phenoxy) is 1. The molecule has 21 heavy (non-hydrogen) atoms. The molecular weight excluding hydrogens is 269 g/mol. The van der Waals surface area contributed by atoms with Gasteiger partial charge < -0.3 is 15.2 Å². The Labute approximate surface area is 126 Å². The van der Waals surface area contributed by atoms with Gasteiger partial charge >= 0.3 is 0 Å². The molecule has 1 fully saturated rings. The quantitative estimate of drug-likeness (QED) is 0.688. The van der Waals surface area contributed by atoms with Gasteiger partial charge in [-0.15, -0.1) is 0 Å². The number of rotatable bonds is 9. The maximum atomic E-state index is 13.7. The van der Waals surface area contributed by atoms with E-state index in [1.165, 1.54) is 12.8 Å². The molecule has 4 heteroatoms. The summed E-state index contributed by atoms with van der Waals surface area (Å²) in [5.74, 6) is 0.0594. The van der Waals surface area contributed by atoms with E-state index in [1.807, 2.05) is 0 Å². The van der Waals surface area contributed by atoms with Crippen molar-refractivity contribution in [1.29, 1.82) is 0 Å². The molecule has 1 aliphatic rings. The van der Waals surface area contributed by atoms with Crippen molar-refractivity contribution in [2.45, 2.75) is 57.5 Å². The maximum Gasteiger partial charge on any atom is 0.167 e. The summed E-state index contributed by atoms with van der Waals surface area (Å²) in [5, 5.41) is 13.0. The number of halogens is 1. The highest BCUT2D eigenvalue weighted by Gasteiger charge is 2.31. The Bertz CT molecular complexity index is 462. The number of hydrogen-bond donors (Lipinski definition) is 2. The van der Waals surface area contributed by atoms with Gasteiger partial charge in [-0.25, -0.2) is 4.39 Å². The monoisotopic (exact) mass is 295 g/mol. The van der Waals surface area contributed by atoms with Gasteiger partial charge in [0.1, 0.15) is 0 Å². The summed E-state index contributed by atoms with van der Waals surface area (Å²) in [4.78, 5) is 0. The first kappa shape index (κ1) is 16.2. The lowest BCUT2D eigenvalue weighted by molar-refractivity contribution is 0.158. The van der Waals surface area contributed by atoms with Gasteiger partial charge in [-0.05, 0) is 57.6 Å². The van der Waals surface area contributed by atoms with E-state index < -0.39 is 0 Å². The van der Waals surface area contributed by atoms with Crippen LogP contribution in [-0.4, -0.2) is 29.9 Å². The highest BCUT2D eigenvalue weighted by molar-refractivity contribution is 5.29. The van der Waals surface area contributed by atoms with Crippen LogP contribution >= 0.6 is 0 Å². The molecule has 0 bridgehead atoms. The second-order valence-electron chi connectivity index (χ2n) is 6.33. The SMILES string of the molecule is Cc1cccc(OCCCCC(C)(CO)NC2CC2)c1F. The fourth-order valence-corrected chi connectivity index (χ4v) is 2.45. The van der Waals surface area contributed by atoms with Crippen molar-refractivity contribution in [3.05, 3.63) is 29.6 Å². The third kappa shape index (κ3) is 4.97. The number of unbranched alkanes of at least 4 members (excludes halogenated alkanes) is 1. The maximum absolute atomic E-state index is 13.7. The molecule has 1 saturated carbocycles. The first-order valence-corrected chi connectivity index (χ1v) is 7.80. The number of hydrogen-bond acceptors (Lipinski definition) is 3. The van der Waals surface area contributed by atoms with Crippen molar-refractivity contribution in [3.63, 3.8) is 0 Å². The summed E-state index contributed by atoms with van der Waals surface area (Å²) < 4.78 is 19.2. The second-order valence-corrected chi connectivity index (χ2v) is 6.33. The van der Waals surface area contributed by atoms with E-state index in [9.17, 15) is 9.50 Å². The molecule has 1 aromatic rings. The van der Waals surface area contributed by atoms with Crippen molar-refractivity contribution in [1.82, 2.24) is 5.32 Å². The highest BCUT2D eigenvalue weighted by atomic mass is 19.1. The predicted molar refractivity (Wildman–Crippen MR) is 82.1 cm³/mol. The minimum atomic E-state index is -0.270. The summed E-state index contributed by atoms with van der Waals surface area (Å²) in [5.41, 5.74) is 0.407. The van der Waals surface area contributed by atoms with Gasteiger partial charge in [0.05, 0.1) is 13.2 Å². The zero-order valence-corrected chi connectivity index (χ0v) is 13.0. The molecule has 2 rings (SSSR count). The Morgan fingerprint density at radius 1 is 1.38 bits per heavy atom. The minimum Gasteiger partial charge on any atom is -0.491 e. The number of nitrogens with one attached hydrogen (secondary N) is 1. The first-order valence-electron chi connectivity index (χ1n) is 7.80. The molecule has 1 unspecified atom stereocenters. The second kappa shape index (κ2) is 7.23. The van der Waals surface area contributed by atoms with Gasteiger partial charge in [0.25, 0.3) is 0 Å². The van der Waals surface area contributed by atoms with Crippen LogP contribution < -0.4 is 10.1 Å². The topological polar surface area (TPSA) is 41.5 Å². The number of aliphatic hydroxyl groups excluding tert-OH is 1. The number of aliphatic hydroxyl groups is 1. The Morgan fingerprint density at radius 3 is 2.81 bits per heavy atom. The van der Waals surface area contributed by atoms with Crippen molar-refractivity contribution in [3.8, 4) is 5.75 Å². The predicted octanol–water partition coefficient (Wildman–Crippen LogP) is 3.19. The Hall–Kier alpha value is -1.13. The standard InChI is InChI=1S/C17H26FNO2/c1-13-6-5-7-15(16(13)18)21-11-4-3-10-17(2,12-20)19-14-8-9-14/h5-7,14,19-20H,3-4,8-12H2,1-2H3. The average molecular weight is 295 g/mol. The largest absolute Gasteiger partial charge is 0.491 e.